The number of nitrogens with one attached hydrogen (secondary N) is 3. The predicted molar refractivity (Wildman–Crippen MR) is 72.0 cm³/mol. The lowest BCUT2D eigenvalue weighted by molar-refractivity contribution is -0.121. The van der Waals surface area contributed by atoms with Crippen molar-refractivity contribution in [3.8, 4) is 0 Å². The van der Waals surface area contributed by atoms with Gasteiger partial charge >= 0.3 is 0 Å². The summed E-state index contributed by atoms with van der Waals surface area (Å²) in [5.74, 6) is 0.0545. The first-order valence-electron chi connectivity index (χ1n) is 6.00. The highest BCUT2D eigenvalue weighted by Crippen LogP contribution is 2.05. The molecule has 106 valence electrons. The molecular weight excluding hydrogens is 280 g/mol. The minimum Gasteiger partial charge on any atom is -0.351 e. The molecule has 0 aromatic carbocycles. The average molecular weight is 294 g/mol. The maximum Gasteiger partial charge on any atom is 0.252 e. The second-order valence-electron chi connectivity index (χ2n) is 4.08. The van der Waals surface area contributed by atoms with E-state index in [1.807, 2.05) is 5.38 Å². The fourth-order valence-corrected chi connectivity index (χ4v) is 2.15. The molecule has 2 aromatic rings. The molecule has 0 radical (unpaired) electrons. The van der Waals surface area contributed by atoms with Crippen molar-refractivity contribution in [2.75, 3.05) is 6.54 Å². The van der Waals surface area contributed by atoms with Gasteiger partial charge in [0.25, 0.3) is 5.91 Å². The Bertz CT molecular complexity index is 553. The van der Waals surface area contributed by atoms with Crippen LogP contribution in [0.25, 0.3) is 0 Å². The first kappa shape index (κ1) is 14.1. The minimum absolute atomic E-state index is 0.176. The first-order chi connectivity index (χ1) is 9.66. The highest BCUT2D eigenvalue weighted by molar-refractivity contribution is 7.08. The summed E-state index contributed by atoms with van der Waals surface area (Å²) in [5.41, 5.74) is 0.607. The quantitative estimate of drug-likeness (QED) is 0.707. The highest BCUT2D eigenvalue weighted by Gasteiger charge is 2.13. The lowest BCUT2D eigenvalue weighted by Gasteiger charge is -2.10. The maximum absolute atomic E-state index is 11.7. The van der Waals surface area contributed by atoms with Gasteiger partial charge in [0.05, 0.1) is 6.04 Å². The van der Waals surface area contributed by atoms with E-state index in [0.717, 1.165) is 0 Å². The molecule has 2 heterocycles. The lowest BCUT2D eigenvalue weighted by atomic mass is 10.3. The number of amides is 2. The van der Waals surface area contributed by atoms with Crippen LogP contribution in [0.5, 0.6) is 0 Å². The Morgan fingerprint density at radius 3 is 3.00 bits per heavy atom. The van der Waals surface area contributed by atoms with E-state index in [-0.39, 0.29) is 30.8 Å². The molecule has 0 aliphatic rings. The number of rotatable bonds is 6. The number of nitrogens with zero attached hydrogens (tertiary/aromatic N) is 3. The second-order valence-corrected chi connectivity index (χ2v) is 4.86. The smallest absolute Gasteiger partial charge is 0.252 e. The van der Waals surface area contributed by atoms with E-state index in [0.29, 0.717) is 11.4 Å². The topological polar surface area (TPSA) is 113 Å². The van der Waals surface area contributed by atoms with Crippen molar-refractivity contribution in [3.05, 3.63) is 28.2 Å². The summed E-state index contributed by atoms with van der Waals surface area (Å²) in [6.45, 7) is 2.03. The lowest BCUT2D eigenvalue weighted by Crippen LogP contribution is -2.32. The van der Waals surface area contributed by atoms with Gasteiger partial charge in [0.2, 0.25) is 5.91 Å². The van der Waals surface area contributed by atoms with Gasteiger partial charge in [-0.25, -0.2) is 0 Å². The first-order valence-corrected chi connectivity index (χ1v) is 6.94. The zero-order chi connectivity index (χ0) is 14.4. The summed E-state index contributed by atoms with van der Waals surface area (Å²) in [5, 5.41) is 22.3. The van der Waals surface area contributed by atoms with E-state index in [9.17, 15) is 9.59 Å². The Kier molecular flexibility index (Phi) is 4.77. The number of tetrazole rings is 1. The standard InChI is InChI=1S/C11H14N6O2S/c1-7(10-14-16-17-15-10)13-9(18)2-4-12-11(19)8-3-5-20-6-8/h3,5-7H,2,4H2,1H3,(H,12,19)(H,13,18)(H,14,15,16,17). The molecule has 0 saturated carbocycles. The van der Waals surface area contributed by atoms with Gasteiger partial charge in [-0.3, -0.25) is 9.59 Å². The van der Waals surface area contributed by atoms with E-state index in [4.69, 9.17) is 0 Å². The fraction of sp³-hybridized carbons (Fsp3) is 0.364. The van der Waals surface area contributed by atoms with E-state index in [1.54, 1.807) is 18.4 Å². The number of thiophene rings is 1. The molecule has 2 rings (SSSR count). The number of carbonyl (C=O) groups is 2. The molecule has 1 atom stereocenters. The summed E-state index contributed by atoms with van der Waals surface area (Å²) < 4.78 is 0. The van der Waals surface area contributed by atoms with Crippen LogP contribution in [0.3, 0.4) is 0 Å². The SMILES string of the molecule is CC(NC(=O)CCNC(=O)c1ccsc1)c1nn[nH]n1. The van der Waals surface area contributed by atoms with Gasteiger partial charge in [-0.2, -0.15) is 16.6 Å². The number of carbonyl (C=O) groups excluding carboxylic acids is 2. The molecule has 0 saturated heterocycles. The Morgan fingerprint density at radius 2 is 2.35 bits per heavy atom. The van der Waals surface area contributed by atoms with Crippen LogP contribution in [0.4, 0.5) is 0 Å². The molecule has 0 aliphatic heterocycles. The number of H-pyrrole nitrogens is 1. The third-order valence-electron chi connectivity index (χ3n) is 2.55. The van der Waals surface area contributed by atoms with Gasteiger partial charge in [-0.1, -0.05) is 5.21 Å². The molecule has 0 fully saturated rings. The van der Waals surface area contributed by atoms with E-state index in [1.165, 1.54) is 11.3 Å². The third kappa shape index (κ3) is 3.85. The van der Waals surface area contributed by atoms with Crippen molar-refractivity contribution in [2.24, 2.45) is 0 Å². The summed E-state index contributed by atoms with van der Waals surface area (Å²) in [4.78, 5) is 23.3. The second kappa shape index (κ2) is 6.75. The average Bonchev–Trinajstić information content (AvgIpc) is 3.12. The number of hydrogen-bond donors (Lipinski definition) is 3. The van der Waals surface area contributed by atoms with Crippen LogP contribution in [0.15, 0.2) is 16.8 Å². The van der Waals surface area contributed by atoms with Crippen molar-refractivity contribution >= 4 is 23.2 Å². The van der Waals surface area contributed by atoms with Gasteiger partial charge in [0.15, 0.2) is 5.82 Å². The summed E-state index contributed by atoms with van der Waals surface area (Å²) in [6, 6.07) is 1.41. The Balaban J connectivity index is 1.69. The van der Waals surface area contributed by atoms with Gasteiger partial charge in [0.1, 0.15) is 0 Å². The Morgan fingerprint density at radius 1 is 1.50 bits per heavy atom. The maximum atomic E-state index is 11.7. The molecule has 2 aromatic heterocycles. The summed E-state index contributed by atoms with van der Waals surface area (Å²) in [6.07, 6.45) is 0.193. The van der Waals surface area contributed by atoms with Gasteiger partial charge in [-0.15, -0.1) is 10.2 Å². The molecule has 0 spiro atoms. The van der Waals surface area contributed by atoms with Crippen LogP contribution in [0.2, 0.25) is 0 Å². The van der Waals surface area contributed by atoms with Crippen molar-refractivity contribution in [1.82, 2.24) is 31.3 Å². The molecule has 2 amide bonds. The number of aromatic amines is 1. The Hall–Kier alpha value is -2.29. The summed E-state index contributed by atoms with van der Waals surface area (Å²) >= 11 is 1.45. The number of hydrogen-bond acceptors (Lipinski definition) is 6. The fourth-order valence-electron chi connectivity index (χ4n) is 1.52. The molecule has 0 bridgehead atoms. The molecule has 20 heavy (non-hydrogen) atoms. The van der Waals surface area contributed by atoms with E-state index < -0.39 is 0 Å². The summed E-state index contributed by atoms with van der Waals surface area (Å²) in [7, 11) is 0. The van der Waals surface area contributed by atoms with Gasteiger partial charge in [-0.05, 0) is 18.4 Å². The van der Waals surface area contributed by atoms with Crippen molar-refractivity contribution < 1.29 is 9.59 Å². The van der Waals surface area contributed by atoms with Gasteiger partial charge < -0.3 is 10.6 Å². The van der Waals surface area contributed by atoms with E-state index in [2.05, 4.69) is 31.3 Å². The van der Waals surface area contributed by atoms with Crippen LogP contribution >= 0.6 is 11.3 Å². The predicted octanol–water partition coefficient (Wildman–Crippen LogP) is 0.258. The monoisotopic (exact) mass is 294 g/mol. The zero-order valence-corrected chi connectivity index (χ0v) is 11.6. The van der Waals surface area contributed by atoms with Crippen molar-refractivity contribution in [2.45, 2.75) is 19.4 Å². The van der Waals surface area contributed by atoms with Crippen molar-refractivity contribution in [1.29, 1.82) is 0 Å². The van der Waals surface area contributed by atoms with Crippen molar-refractivity contribution in [3.63, 3.8) is 0 Å². The van der Waals surface area contributed by atoms with Crippen LogP contribution in [-0.2, 0) is 4.79 Å². The molecule has 9 heteroatoms. The Labute approximate surface area is 119 Å². The molecule has 3 N–H and O–H groups in total. The van der Waals surface area contributed by atoms with Crippen LogP contribution in [0.1, 0.15) is 35.6 Å². The normalized spacial score (nSPS) is 11.8. The molecule has 0 aliphatic carbocycles. The molecule has 8 nitrogen and oxygen atoms in total. The van der Waals surface area contributed by atoms with E-state index >= 15 is 0 Å². The molecular formula is C11H14N6O2S. The largest absolute Gasteiger partial charge is 0.351 e. The third-order valence-corrected chi connectivity index (χ3v) is 3.23. The minimum atomic E-state index is -0.325. The zero-order valence-electron chi connectivity index (χ0n) is 10.8. The number of aromatic nitrogens is 4. The highest BCUT2D eigenvalue weighted by atomic mass is 32.1. The van der Waals surface area contributed by atoms with Crippen LogP contribution in [0, 0.1) is 0 Å². The van der Waals surface area contributed by atoms with Gasteiger partial charge in [0, 0.05) is 23.9 Å². The molecule has 1 unspecified atom stereocenters. The van der Waals surface area contributed by atoms with Crippen LogP contribution in [-0.4, -0.2) is 39.0 Å². The van der Waals surface area contributed by atoms with Crippen LogP contribution < -0.4 is 10.6 Å².